The Balaban J connectivity index is 2.63. The first kappa shape index (κ1) is 8.81. The van der Waals surface area contributed by atoms with Gasteiger partial charge in [-0.05, 0) is 12.5 Å². The number of benzene rings is 1. The van der Waals surface area contributed by atoms with Crippen LogP contribution in [-0.2, 0) is 0 Å². The molecule has 14 heavy (non-hydrogen) atoms. The summed E-state index contributed by atoms with van der Waals surface area (Å²) in [6, 6.07) is 7.70. The molecule has 1 aromatic heterocycles. The molecule has 0 fully saturated rings. The second-order valence-electron chi connectivity index (χ2n) is 3.05. The highest BCUT2D eigenvalue weighted by molar-refractivity contribution is 6.09. The van der Waals surface area contributed by atoms with Crippen LogP contribution < -0.4 is 0 Å². The predicted octanol–water partition coefficient (Wildman–Crippen LogP) is 3.02. The van der Waals surface area contributed by atoms with Crippen LogP contribution in [0.4, 0.5) is 0 Å². The molecule has 0 spiro atoms. The fraction of sp³-hybridized carbons (Fsp3) is 0.182. The van der Waals surface area contributed by atoms with Gasteiger partial charge in [0.2, 0.25) is 0 Å². The van der Waals surface area contributed by atoms with E-state index in [2.05, 4.69) is 5.16 Å². The van der Waals surface area contributed by atoms with Gasteiger partial charge in [0.1, 0.15) is 11.8 Å². The van der Waals surface area contributed by atoms with Gasteiger partial charge in [-0.1, -0.05) is 30.3 Å². The SMILES string of the molecule is CCC(=NO)c1coc2ccccc12. The van der Waals surface area contributed by atoms with Gasteiger partial charge < -0.3 is 9.62 Å². The Morgan fingerprint density at radius 3 is 2.93 bits per heavy atom. The molecule has 0 unspecified atom stereocenters. The highest BCUT2D eigenvalue weighted by Gasteiger charge is 2.09. The third kappa shape index (κ3) is 1.27. The van der Waals surface area contributed by atoms with E-state index in [1.165, 1.54) is 0 Å². The molecule has 72 valence electrons. The number of fused-ring (bicyclic) bond motifs is 1. The summed E-state index contributed by atoms with van der Waals surface area (Å²) in [5.41, 5.74) is 2.33. The average molecular weight is 189 g/mol. The Kier molecular flexibility index (Phi) is 2.23. The van der Waals surface area contributed by atoms with Crippen LogP contribution in [0, 0.1) is 0 Å². The first-order valence-electron chi connectivity index (χ1n) is 4.54. The third-order valence-electron chi connectivity index (χ3n) is 2.25. The van der Waals surface area contributed by atoms with Crippen molar-refractivity contribution < 1.29 is 9.62 Å². The van der Waals surface area contributed by atoms with E-state index in [0.29, 0.717) is 12.1 Å². The molecule has 0 aliphatic carbocycles. The molecule has 1 aromatic carbocycles. The van der Waals surface area contributed by atoms with Gasteiger partial charge in [-0.15, -0.1) is 0 Å². The lowest BCUT2D eigenvalue weighted by molar-refractivity contribution is 0.318. The van der Waals surface area contributed by atoms with E-state index in [1.807, 2.05) is 31.2 Å². The fourth-order valence-corrected chi connectivity index (χ4v) is 1.52. The molecule has 0 radical (unpaired) electrons. The molecule has 2 rings (SSSR count). The largest absolute Gasteiger partial charge is 0.464 e. The van der Waals surface area contributed by atoms with E-state index in [1.54, 1.807) is 6.26 Å². The molecule has 2 aromatic rings. The Bertz CT molecular complexity index is 471. The molecular formula is C11H11NO2. The van der Waals surface area contributed by atoms with E-state index in [-0.39, 0.29) is 0 Å². The summed E-state index contributed by atoms with van der Waals surface area (Å²) in [6.45, 7) is 1.94. The van der Waals surface area contributed by atoms with E-state index in [4.69, 9.17) is 9.62 Å². The van der Waals surface area contributed by atoms with Crippen molar-refractivity contribution in [1.82, 2.24) is 0 Å². The van der Waals surface area contributed by atoms with Crippen LogP contribution in [0.2, 0.25) is 0 Å². The number of nitrogens with zero attached hydrogens (tertiary/aromatic N) is 1. The molecular weight excluding hydrogens is 178 g/mol. The van der Waals surface area contributed by atoms with E-state index in [0.717, 1.165) is 16.5 Å². The van der Waals surface area contributed by atoms with Crippen molar-refractivity contribution in [2.45, 2.75) is 13.3 Å². The summed E-state index contributed by atoms with van der Waals surface area (Å²) < 4.78 is 5.34. The van der Waals surface area contributed by atoms with Crippen LogP contribution in [0.15, 0.2) is 40.1 Å². The standard InChI is InChI=1S/C11H11NO2/c1-2-10(12-13)9-7-14-11-6-4-3-5-8(9)11/h3-7,13H,2H2,1H3. The molecule has 3 heteroatoms. The van der Waals surface area contributed by atoms with Gasteiger partial charge in [0.15, 0.2) is 0 Å². The van der Waals surface area contributed by atoms with Gasteiger partial charge in [0.05, 0.1) is 5.71 Å². The van der Waals surface area contributed by atoms with Crippen molar-refractivity contribution in [2.24, 2.45) is 5.16 Å². The first-order valence-corrected chi connectivity index (χ1v) is 4.54. The minimum atomic E-state index is 0.648. The summed E-state index contributed by atoms with van der Waals surface area (Å²) in [4.78, 5) is 0. The number of hydrogen-bond donors (Lipinski definition) is 1. The number of oxime groups is 1. The molecule has 1 heterocycles. The van der Waals surface area contributed by atoms with Crippen LogP contribution >= 0.6 is 0 Å². The second kappa shape index (κ2) is 3.54. The normalized spacial score (nSPS) is 12.2. The van der Waals surface area contributed by atoms with Crippen LogP contribution in [-0.4, -0.2) is 10.9 Å². The van der Waals surface area contributed by atoms with Crippen molar-refractivity contribution in [3.63, 3.8) is 0 Å². The van der Waals surface area contributed by atoms with E-state index in [9.17, 15) is 0 Å². The minimum absolute atomic E-state index is 0.648. The zero-order valence-electron chi connectivity index (χ0n) is 7.90. The molecule has 0 saturated heterocycles. The van der Waals surface area contributed by atoms with Crippen molar-refractivity contribution in [1.29, 1.82) is 0 Å². The number of rotatable bonds is 2. The number of para-hydroxylation sites is 1. The van der Waals surface area contributed by atoms with Crippen LogP contribution in [0.5, 0.6) is 0 Å². The summed E-state index contributed by atoms with van der Waals surface area (Å²) in [6.07, 6.45) is 2.31. The fourth-order valence-electron chi connectivity index (χ4n) is 1.52. The van der Waals surface area contributed by atoms with Crippen molar-refractivity contribution in [3.05, 3.63) is 36.1 Å². The maximum absolute atomic E-state index is 8.80. The van der Waals surface area contributed by atoms with E-state index >= 15 is 0 Å². The van der Waals surface area contributed by atoms with E-state index < -0.39 is 0 Å². The Morgan fingerprint density at radius 1 is 1.43 bits per heavy atom. The molecule has 0 atom stereocenters. The number of furan rings is 1. The third-order valence-corrected chi connectivity index (χ3v) is 2.25. The van der Waals surface area contributed by atoms with Crippen LogP contribution in [0.25, 0.3) is 11.0 Å². The van der Waals surface area contributed by atoms with Gasteiger partial charge >= 0.3 is 0 Å². The Morgan fingerprint density at radius 2 is 2.21 bits per heavy atom. The highest BCUT2D eigenvalue weighted by atomic mass is 16.4. The van der Waals surface area contributed by atoms with Crippen LogP contribution in [0.3, 0.4) is 0 Å². The summed E-state index contributed by atoms with van der Waals surface area (Å²) in [7, 11) is 0. The quantitative estimate of drug-likeness (QED) is 0.448. The minimum Gasteiger partial charge on any atom is -0.464 e. The zero-order chi connectivity index (χ0) is 9.97. The van der Waals surface area contributed by atoms with Gasteiger partial charge in [-0.2, -0.15) is 0 Å². The lowest BCUT2D eigenvalue weighted by Crippen LogP contribution is -1.96. The smallest absolute Gasteiger partial charge is 0.134 e. The highest BCUT2D eigenvalue weighted by Crippen LogP contribution is 2.22. The van der Waals surface area contributed by atoms with Crippen LogP contribution in [0.1, 0.15) is 18.9 Å². The summed E-state index contributed by atoms with van der Waals surface area (Å²) in [5, 5.41) is 13.0. The lowest BCUT2D eigenvalue weighted by atomic mass is 10.1. The predicted molar refractivity (Wildman–Crippen MR) is 54.8 cm³/mol. The maximum atomic E-state index is 8.80. The zero-order valence-corrected chi connectivity index (χ0v) is 7.90. The maximum Gasteiger partial charge on any atom is 0.134 e. The Hall–Kier alpha value is -1.77. The molecule has 3 nitrogen and oxygen atoms in total. The van der Waals surface area contributed by atoms with Crippen molar-refractivity contribution in [2.75, 3.05) is 0 Å². The summed E-state index contributed by atoms with van der Waals surface area (Å²) >= 11 is 0. The van der Waals surface area contributed by atoms with Gasteiger partial charge in [-0.25, -0.2) is 0 Å². The molecule has 1 N–H and O–H groups in total. The number of hydrogen-bond acceptors (Lipinski definition) is 3. The van der Waals surface area contributed by atoms with Gasteiger partial charge in [0.25, 0.3) is 0 Å². The van der Waals surface area contributed by atoms with Gasteiger partial charge in [-0.3, -0.25) is 0 Å². The van der Waals surface area contributed by atoms with Crippen molar-refractivity contribution in [3.8, 4) is 0 Å². The topological polar surface area (TPSA) is 45.7 Å². The molecule has 0 saturated carbocycles. The lowest BCUT2D eigenvalue weighted by Gasteiger charge is -1.96. The van der Waals surface area contributed by atoms with Gasteiger partial charge in [0, 0.05) is 10.9 Å². The average Bonchev–Trinajstić information content (AvgIpc) is 2.65. The monoisotopic (exact) mass is 189 g/mol. The van der Waals surface area contributed by atoms with Crippen molar-refractivity contribution >= 4 is 16.7 Å². The molecule has 0 amide bonds. The molecule has 0 bridgehead atoms. The summed E-state index contributed by atoms with van der Waals surface area (Å²) in [5.74, 6) is 0. The first-order chi connectivity index (χ1) is 6.86. The molecule has 0 aliphatic rings. The Labute approximate surface area is 81.6 Å². The second-order valence-corrected chi connectivity index (χ2v) is 3.05. The molecule has 0 aliphatic heterocycles.